The van der Waals surface area contributed by atoms with Crippen molar-refractivity contribution in [3.63, 3.8) is 0 Å². The van der Waals surface area contributed by atoms with Crippen LogP contribution < -0.4 is 0 Å². The monoisotopic (exact) mass is 265 g/mol. The first kappa shape index (κ1) is 12.0. The van der Waals surface area contributed by atoms with Gasteiger partial charge >= 0.3 is 0 Å². The highest BCUT2D eigenvalue weighted by molar-refractivity contribution is 5.83. The quantitative estimate of drug-likeness (QED) is 0.774. The van der Waals surface area contributed by atoms with Gasteiger partial charge in [0.1, 0.15) is 5.78 Å². The number of hydrogen-bond acceptors (Lipinski definition) is 1. The molecule has 0 bridgehead atoms. The van der Waals surface area contributed by atoms with Crippen molar-refractivity contribution in [1.29, 1.82) is 0 Å². The molecule has 1 aromatic heterocycles. The molecule has 1 aliphatic carbocycles. The second kappa shape index (κ2) is 4.62. The van der Waals surface area contributed by atoms with Gasteiger partial charge in [-0.15, -0.1) is 0 Å². The zero-order valence-corrected chi connectivity index (χ0v) is 11.6. The molecule has 2 aromatic rings. The van der Waals surface area contributed by atoms with E-state index in [9.17, 15) is 4.79 Å². The Hall–Kier alpha value is -1.83. The van der Waals surface area contributed by atoms with Crippen LogP contribution in [0, 0.1) is 0 Å². The predicted octanol–water partition coefficient (Wildman–Crippen LogP) is 3.47. The van der Waals surface area contributed by atoms with E-state index in [4.69, 9.17) is 0 Å². The van der Waals surface area contributed by atoms with Crippen molar-refractivity contribution >= 4 is 5.78 Å². The summed E-state index contributed by atoms with van der Waals surface area (Å²) in [7, 11) is 0. The van der Waals surface area contributed by atoms with Crippen LogP contribution in [-0.4, -0.2) is 10.4 Å². The highest BCUT2D eigenvalue weighted by atomic mass is 16.1. The third-order valence-corrected chi connectivity index (χ3v) is 4.72. The number of fused-ring (bicyclic) bond motifs is 3. The van der Waals surface area contributed by atoms with Crippen LogP contribution in [0.15, 0.2) is 36.4 Å². The lowest BCUT2D eigenvalue weighted by molar-refractivity contribution is -0.119. The Morgan fingerprint density at radius 1 is 1.05 bits per heavy atom. The van der Waals surface area contributed by atoms with E-state index in [1.807, 2.05) is 6.07 Å². The standard InChI is InChI=1S/C18H19NO/c20-16-11-15-10-14-8-4-5-9-17(14)19(15)18(12-16)13-6-2-1-3-7-13/h1-3,6-7,10,18H,4-5,8-9,11-12H2. The topological polar surface area (TPSA) is 22.0 Å². The molecule has 0 N–H and O–H groups in total. The maximum atomic E-state index is 12.1. The number of nitrogens with zero attached hydrogens (tertiary/aromatic N) is 1. The predicted molar refractivity (Wildman–Crippen MR) is 79.0 cm³/mol. The van der Waals surface area contributed by atoms with Crippen LogP contribution in [0.4, 0.5) is 0 Å². The molecular weight excluding hydrogens is 246 g/mol. The van der Waals surface area contributed by atoms with Crippen LogP contribution in [0.5, 0.6) is 0 Å². The van der Waals surface area contributed by atoms with E-state index < -0.39 is 0 Å². The minimum Gasteiger partial charge on any atom is -0.340 e. The average molecular weight is 265 g/mol. The zero-order chi connectivity index (χ0) is 13.5. The van der Waals surface area contributed by atoms with Crippen molar-refractivity contribution in [1.82, 2.24) is 4.57 Å². The summed E-state index contributed by atoms with van der Waals surface area (Å²) in [5.41, 5.74) is 5.49. The summed E-state index contributed by atoms with van der Waals surface area (Å²) in [6, 6.07) is 13.0. The van der Waals surface area contributed by atoms with Gasteiger partial charge in [-0.05, 0) is 42.9 Å². The summed E-state index contributed by atoms with van der Waals surface area (Å²) in [6.07, 6.45) is 6.21. The van der Waals surface area contributed by atoms with Crippen molar-refractivity contribution in [2.24, 2.45) is 0 Å². The Bertz CT molecular complexity index is 654. The van der Waals surface area contributed by atoms with Gasteiger partial charge in [0, 0.05) is 24.2 Å². The molecule has 0 saturated carbocycles. The molecule has 1 atom stereocenters. The molecule has 2 nitrogen and oxygen atoms in total. The first-order valence-corrected chi connectivity index (χ1v) is 7.61. The van der Waals surface area contributed by atoms with Gasteiger partial charge in [0.05, 0.1) is 6.04 Å². The van der Waals surface area contributed by atoms with E-state index in [-0.39, 0.29) is 6.04 Å². The van der Waals surface area contributed by atoms with Crippen LogP contribution in [0.2, 0.25) is 0 Å². The third-order valence-electron chi connectivity index (χ3n) is 4.72. The number of ketones is 1. The van der Waals surface area contributed by atoms with Crippen molar-refractivity contribution in [3.05, 3.63) is 58.9 Å². The number of carbonyl (C=O) groups excluding carboxylic acids is 1. The molecule has 2 heteroatoms. The highest BCUT2D eigenvalue weighted by Gasteiger charge is 2.30. The van der Waals surface area contributed by atoms with Gasteiger partial charge in [-0.3, -0.25) is 4.79 Å². The van der Waals surface area contributed by atoms with E-state index in [0.29, 0.717) is 18.6 Å². The fourth-order valence-corrected chi connectivity index (χ4v) is 3.84. The maximum Gasteiger partial charge on any atom is 0.141 e. The molecule has 0 radical (unpaired) electrons. The molecule has 1 unspecified atom stereocenters. The Kier molecular flexibility index (Phi) is 2.76. The number of aromatic nitrogens is 1. The van der Waals surface area contributed by atoms with Gasteiger partial charge in [0.25, 0.3) is 0 Å². The summed E-state index contributed by atoms with van der Waals surface area (Å²) >= 11 is 0. The van der Waals surface area contributed by atoms with Gasteiger partial charge in [0.2, 0.25) is 0 Å². The summed E-state index contributed by atoms with van der Waals surface area (Å²) in [4.78, 5) is 12.1. The molecule has 2 heterocycles. The molecule has 1 aromatic carbocycles. The second-order valence-electron chi connectivity index (χ2n) is 6.03. The summed E-state index contributed by atoms with van der Waals surface area (Å²) in [5.74, 6) is 0.376. The van der Waals surface area contributed by atoms with Crippen LogP contribution in [0.1, 0.15) is 47.8 Å². The number of rotatable bonds is 1. The summed E-state index contributed by atoms with van der Waals surface area (Å²) in [6.45, 7) is 0. The van der Waals surface area contributed by atoms with Gasteiger partial charge in [-0.1, -0.05) is 30.3 Å². The van der Waals surface area contributed by atoms with E-state index in [2.05, 4.69) is 34.9 Å². The van der Waals surface area contributed by atoms with Crippen molar-refractivity contribution in [2.75, 3.05) is 0 Å². The van der Waals surface area contributed by atoms with Crippen molar-refractivity contribution in [3.8, 4) is 0 Å². The fourth-order valence-electron chi connectivity index (χ4n) is 3.84. The molecule has 0 spiro atoms. The second-order valence-corrected chi connectivity index (χ2v) is 6.03. The van der Waals surface area contributed by atoms with Gasteiger partial charge in [0.15, 0.2) is 0 Å². The smallest absolute Gasteiger partial charge is 0.141 e. The van der Waals surface area contributed by atoms with Crippen LogP contribution in [0.3, 0.4) is 0 Å². The zero-order valence-electron chi connectivity index (χ0n) is 11.6. The SMILES string of the molecule is O=C1Cc2cc3c(n2C(c2ccccc2)C1)CCCC3. The Balaban J connectivity index is 1.87. The number of aryl methyl sites for hydroxylation is 1. The number of benzene rings is 1. The Labute approximate surface area is 119 Å². The van der Waals surface area contributed by atoms with E-state index in [0.717, 1.165) is 0 Å². The van der Waals surface area contributed by atoms with Gasteiger partial charge in [-0.25, -0.2) is 0 Å². The minimum absolute atomic E-state index is 0.217. The molecule has 0 saturated heterocycles. The first-order valence-electron chi connectivity index (χ1n) is 7.61. The molecule has 20 heavy (non-hydrogen) atoms. The van der Waals surface area contributed by atoms with Crippen LogP contribution in [0.25, 0.3) is 0 Å². The number of carbonyl (C=O) groups is 1. The van der Waals surface area contributed by atoms with E-state index in [1.165, 1.54) is 48.2 Å². The Morgan fingerprint density at radius 3 is 2.70 bits per heavy atom. The van der Waals surface area contributed by atoms with Crippen molar-refractivity contribution < 1.29 is 4.79 Å². The molecule has 0 fully saturated rings. The lowest BCUT2D eigenvalue weighted by Crippen LogP contribution is -2.26. The lowest BCUT2D eigenvalue weighted by atomic mass is 9.94. The number of hydrogen-bond donors (Lipinski definition) is 0. The maximum absolute atomic E-state index is 12.1. The average Bonchev–Trinajstić information content (AvgIpc) is 2.85. The summed E-state index contributed by atoms with van der Waals surface area (Å²) < 4.78 is 2.48. The third kappa shape index (κ3) is 1.82. The normalized spacial score (nSPS) is 21.4. The highest BCUT2D eigenvalue weighted by Crippen LogP contribution is 2.36. The molecule has 1 aliphatic heterocycles. The first-order chi connectivity index (χ1) is 9.83. The fraction of sp³-hybridized carbons (Fsp3) is 0.389. The van der Waals surface area contributed by atoms with Gasteiger partial charge in [-0.2, -0.15) is 0 Å². The minimum atomic E-state index is 0.217. The van der Waals surface area contributed by atoms with E-state index >= 15 is 0 Å². The molecule has 0 amide bonds. The lowest BCUT2D eigenvalue weighted by Gasteiger charge is -2.29. The molecule has 2 aliphatic rings. The molecule has 4 rings (SSSR count). The Morgan fingerprint density at radius 2 is 1.85 bits per heavy atom. The van der Waals surface area contributed by atoms with Crippen molar-refractivity contribution in [2.45, 2.75) is 44.6 Å². The van der Waals surface area contributed by atoms with E-state index in [1.54, 1.807) is 0 Å². The van der Waals surface area contributed by atoms with Crippen LogP contribution >= 0.6 is 0 Å². The van der Waals surface area contributed by atoms with Crippen LogP contribution in [-0.2, 0) is 24.1 Å². The molecular formula is C18H19NO. The summed E-state index contributed by atoms with van der Waals surface area (Å²) in [5, 5.41) is 0. The largest absolute Gasteiger partial charge is 0.340 e. The number of Topliss-reactive ketones (excluding diaryl/α,β-unsaturated/α-hetero) is 1. The van der Waals surface area contributed by atoms with Gasteiger partial charge < -0.3 is 4.57 Å². The molecule has 102 valence electrons.